The molecule has 2 aromatic rings. The number of thiocarbonyl (C=S) groups is 1. The van der Waals surface area contributed by atoms with Crippen LogP contribution in [0.3, 0.4) is 0 Å². The van der Waals surface area contributed by atoms with Gasteiger partial charge in [-0.3, -0.25) is 20.4 Å². The van der Waals surface area contributed by atoms with Gasteiger partial charge >= 0.3 is 0 Å². The number of ether oxygens (including phenoxy) is 1. The second kappa shape index (κ2) is 10.3. The van der Waals surface area contributed by atoms with Crippen molar-refractivity contribution in [2.45, 2.75) is 26.4 Å². The maximum absolute atomic E-state index is 12.4. The van der Waals surface area contributed by atoms with Crippen molar-refractivity contribution in [2.75, 3.05) is 7.11 Å². The van der Waals surface area contributed by atoms with Crippen LogP contribution in [-0.4, -0.2) is 30.1 Å². The Hall–Kier alpha value is -3.07. The lowest BCUT2D eigenvalue weighted by Gasteiger charge is -2.22. The molecule has 1 aromatic heterocycles. The van der Waals surface area contributed by atoms with Gasteiger partial charge in [-0.05, 0) is 48.0 Å². The van der Waals surface area contributed by atoms with E-state index >= 15 is 0 Å². The molecule has 0 spiro atoms. The van der Waals surface area contributed by atoms with E-state index in [0.29, 0.717) is 6.54 Å². The summed E-state index contributed by atoms with van der Waals surface area (Å²) in [6.45, 7) is 4.13. The quantitative estimate of drug-likeness (QED) is 0.412. The number of carbonyl (C=O) groups excluding carboxylic acids is 2. The Morgan fingerprint density at radius 1 is 1.14 bits per heavy atom. The van der Waals surface area contributed by atoms with Gasteiger partial charge in [0.25, 0.3) is 11.8 Å². The van der Waals surface area contributed by atoms with Crippen LogP contribution in [-0.2, 0) is 11.3 Å². The molecular weight excluding hydrogens is 380 g/mol. The number of furan rings is 1. The van der Waals surface area contributed by atoms with Gasteiger partial charge in [0.1, 0.15) is 11.8 Å². The fourth-order valence-corrected chi connectivity index (χ4v) is 2.44. The average Bonchev–Trinajstić information content (AvgIpc) is 3.23. The Labute approximate surface area is 169 Å². The van der Waals surface area contributed by atoms with E-state index in [1.165, 1.54) is 12.3 Å². The minimum absolute atomic E-state index is 0.137. The molecule has 0 aliphatic heterocycles. The highest BCUT2D eigenvalue weighted by molar-refractivity contribution is 7.80. The van der Waals surface area contributed by atoms with E-state index in [9.17, 15) is 9.59 Å². The van der Waals surface area contributed by atoms with Crippen LogP contribution in [0.2, 0.25) is 0 Å². The number of hydrogen-bond acceptors (Lipinski definition) is 5. The van der Waals surface area contributed by atoms with Crippen LogP contribution in [0.5, 0.6) is 5.75 Å². The number of hydrogen-bond donors (Lipinski definition) is 4. The first-order valence-electron chi connectivity index (χ1n) is 8.71. The molecule has 1 aromatic carbocycles. The lowest BCUT2D eigenvalue weighted by Crippen LogP contribution is -2.55. The van der Waals surface area contributed by atoms with Gasteiger partial charge in [-0.25, -0.2) is 0 Å². The first-order chi connectivity index (χ1) is 13.4. The van der Waals surface area contributed by atoms with E-state index in [1.54, 1.807) is 13.2 Å². The van der Waals surface area contributed by atoms with Crippen molar-refractivity contribution in [1.82, 2.24) is 21.5 Å². The largest absolute Gasteiger partial charge is 0.497 e. The molecular formula is C19H24N4O4S. The van der Waals surface area contributed by atoms with E-state index in [-0.39, 0.29) is 16.8 Å². The van der Waals surface area contributed by atoms with Crippen molar-refractivity contribution < 1.29 is 18.7 Å². The maximum atomic E-state index is 12.4. The van der Waals surface area contributed by atoms with Crippen molar-refractivity contribution in [2.24, 2.45) is 5.92 Å². The molecule has 0 saturated carbocycles. The molecule has 0 radical (unpaired) electrons. The van der Waals surface area contributed by atoms with Gasteiger partial charge < -0.3 is 19.8 Å². The fourth-order valence-electron chi connectivity index (χ4n) is 2.32. The smallest absolute Gasteiger partial charge is 0.287 e. The van der Waals surface area contributed by atoms with Gasteiger partial charge in [0.2, 0.25) is 0 Å². The van der Waals surface area contributed by atoms with Crippen molar-refractivity contribution >= 4 is 29.1 Å². The summed E-state index contributed by atoms with van der Waals surface area (Å²) in [5.41, 5.74) is 6.15. The van der Waals surface area contributed by atoms with Gasteiger partial charge in [0.15, 0.2) is 10.9 Å². The van der Waals surface area contributed by atoms with E-state index in [0.717, 1.165) is 11.3 Å². The first-order valence-corrected chi connectivity index (χ1v) is 9.12. The summed E-state index contributed by atoms with van der Waals surface area (Å²) in [5.74, 6) is -0.0970. The molecule has 4 N–H and O–H groups in total. The van der Waals surface area contributed by atoms with Gasteiger partial charge in [-0.1, -0.05) is 26.0 Å². The van der Waals surface area contributed by atoms with Crippen molar-refractivity contribution in [3.8, 4) is 5.75 Å². The summed E-state index contributed by atoms with van der Waals surface area (Å²) in [6.07, 6.45) is 1.40. The molecule has 0 aliphatic rings. The highest BCUT2D eigenvalue weighted by atomic mass is 32.1. The van der Waals surface area contributed by atoms with Crippen molar-refractivity contribution in [3.05, 3.63) is 54.0 Å². The molecule has 2 rings (SSSR count). The molecule has 0 bridgehead atoms. The standard InChI is InChI=1S/C19H24N4O4S/c1-12(2)16(21-17(24)15-5-4-10-27-15)18(25)22-23-19(28)20-11-13-6-8-14(26-3)9-7-13/h4-10,12,16H,11H2,1-3H3,(H,21,24)(H,22,25)(H2,20,23,28)/t16-/m0/s1. The Kier molecular flexibility index (Phi) is 7.82. The van der Waals surface area contributed by atoms with Crippen LogP contribution in [0.4, 0.5) is 0 Å². The van der Waals surface area contributed by atoms with Crippen LogP contribution < -0.4 is 26.2 Å². The van der Waals surface area contributed by atoms with Crippen LogP contribution in [0, 0.1) is 5.92 Å². The van der Waals surface area contributed by atoms with Crippen LogP contribution in [0.25, 0.3) is 0 Å². The van der Waals surface area contributed by atoms with Gasteiger partial charge in [0, 0.05) is 6.54 Å². The summed E-state index contributed by atoms with van der Waals surface area (Å²) in [6, 6.07) is 9.90. The Balaban J connectivity index is 1.80. The number of benzene rings is 1. The van der Waals surface area contributed by atoms with Crippen LogP contribution in [0.1, 0.15) is 30.0 Å². The number of hydrazine groups is 1. The Morgan fingerprint density at radius 2 is 1.86 bits per heavy atom. The van der Waals surface area contributed by atoms with Gasteiger partial charge in [-0.2, -0.15) is 0 Å². The zero-order chi connectivity index (χ0) is 20.5. The third-order valence-electron chi connectivity index (χ3n) is 3.89. The van der Waals surface area contributed by atoms with Gasteiger partial charge in [0.05, 0.1) is 13.4 Å². The summed E-state index contributed by atoms with van der Waals surface area (Å²) in [4.78, 5) is 24.5. The minimum atomic E-state index is -0.755. The van der Waals surface area contributed by atoms with E-state index < -0.39 is 17.9 Å². The van der Waals surface area contributed by atoms with E-state index in [1.807, 2.05) is 38.1 Å². The third-order valence-corrected chi connectivity index (χ3v) is 4.14. The Bertz CT molecular complexity index is 791. The molecule has 9 heteroatoms. The summed E-state index contributed by atoms with van der Waals surface area (Å²) in [5, 5.41) is 5.89. The number of nitrogens with one attached hydrogen (secondary N) is 4. The second-order valence-corrected chi connectivity index (χ2v) is 6.73. The molecule has 0 saturated heterocycles. The number of amides is 2. The van der Waals surface area contributed by atoms with Crippen molar-refractivity contribution in [1.29, 1.82) is 0 Å². The average molecular weight is 404 g/mol. The molecule has 150 valence electrons. The topological polar surface area (TPSA) is 105 Å². The molecule has 0 fully saturated rings. The predicted molar refractivity (Wildman–Crippen MR) is 109 cm³/mol. The lowest BCUT2D eigenvalue weighted by atomic mass is 10.0. The maximum Gasteiger partial charge on any atom is 0.287 e. The second-order valence-electron chi connectivity index (χ2n) is 6.32. The third kappa shape index (κ3) is 6.27. The zero-order valence-electron chi connectivity index (χ0n) is 15.9. The van der Waals surface area contributed by atoms with Crippen LogP contribution >= 0.6 is 12.2 Å². The predicted octanol–water partition coefficient (Wildman–Crippen LogP) is 1.74. The fraction of sp³-hybridized carbons (Fsp3) is 0.316. The SMILES string of the molecule is COc1ccc(CNC(=S)NNC(=O)[C@@H](NC(=O)c2ccco2)C(C)C)cc1. The molecule has 1 heterocycles. The number of rotatable bonds is 7. The normalized spacial score (nSPS) is 11.4. The highest BCUT2D eigenvalue weighted by Gasteiger charge is 2.25. The summed E-state index contributed by atoms with van der Waals surface area (Å²) < 4.78 is 10.2. The molecule has 2 amide bonds. The van der Waals surface area contributed by atoms with Gasteiger partial charge in [-0.15, -0.1) is 0 Å². The molecule has 0 aliphatic carbocycles. The van der Waals surface area contributed by atoms with E-state index in [2.05, 4.69) is 21.5 Å². The Morgan fingerprint density at radius 3 is 2.43 bits per heavy atom. The molecule has 0 unspecified atom stereocenters. The zero-order valence-corrected chi connectivity index (χ0v) is 16.8. The molecule has 1 atom stereocenters. The monoisotopic (exact) mass is 404 g/mol. The first kappa shape index (κ1) is 21.2. The number of carbonyl (C=O) groups is 2. The molecule has 8 nitrogen and oxygen atoms in total. The number of methoxy groups -OCH3 is 1. The van der Waals surface area contributed by atoms with Crippen molar-refractivity contribution in [3.63, 3.8) is 0 Å². The lowest BCUT2D eigenvalue weighted by molar-refractivity contribution is -0.124. The van der Waals surface area contributed by atoms with E-state index in [4.69, 9.17) is 21.4 Å². The minimum Gasteiger partial charge on any atom is -0.497 e. The van der Waals surface area contributed by atoms with Crippen LogP contribution in [0.15, 0.2) is 47.1 Å². The highest BCUT2D eigenvalue weighted by Crippen LogP contribution is 2.10. The summed E-state index contributed by atoms with van der Waals surface area (Å²) >= 11 is 5.16. The summed E-state index contributed by atoms with van der Waals surface area (Å²) in [7, 11) is 1.61. The molecule has 28 heavy (non-hydrogen) atoms.